The van der Waals surface area contributed by atoms with Gasteiger partial charge in [-0.2, -0.15) is 5.10 Å². The van der Waals surface area contributed by atoms with E-state index in [0.717, 1.165) is 24.2 Å². The zero-order valence-electron chi connectivity index (χ0n) is 16.5. The standard InChI is InChI=1S/C21H24N6O3/c28-18-6-5-16(20(29)25-18)26-12-14-4-1-3-13(19(14)21(26)30)9-23-15-10-22-11-17(15)27-8-2-7-24-27/h1-4,7-8,15-17,22-23H,5-6,9-12H2,(H,25,28,29)/t15-,16?,17+/m1/s1. The summed E-state index contributed by atoms with van der Waals surface area (Å²) in [5.74, 6) is -0.793. The molecule has 0 aliphatic carbocycles. The molecule has 1 aromatic carbocycles. The van der Waals surface area contributed by atoms with Gasteiger partial charge in [0.25, 0.3) is 5.91 Å². The van der Waals surface area contributed by atoms with Crippen LogP contribution >= 0.6 is 0 Å². The van der Waals surface area contributed by atoms with E-state index in [-0.39, 0.29) is 36.2 Å². The maximum Gasteiger partial charge on any atom is 0.255 e. The van der Waals surface area contributed by atoms with Crippen molar-refractivity contribution in [3.05, 3.63) is 53.3 Å². The van der Waals surface area contributed by atoms with Crippen LogP contribution in [0.1, 0.15) is 40.4 Å². The topological polar surface area (TPSA) is 108 Å². The molecule has 0 saturated carbocycles. The maximum absolute atomic E-state index is 13.2. The van der Waals surface area contributed by atoms with E-state index in [0.29, 0.717) is 25.1 Å². The fourth-order valence-corrected chi connectivity index (χ4v) is 4.71. The van der Waals surface area contributed by atoms with Crippen molar-refractivity contribution in [2.75, 3.05) is 13.1 Å². The van der Waals surface area contributed by atoms with E-state index in [4.69, 9.17) is 0 Å². The number of nitrogens with zero attached hydrogens (tertiary/aromatic N) is 3. The van der Waals surface area contributed by atoms with Crippen molar-refractivity contribution in [1.82, 2.24) is 30.6 Å². The average Bonchev–Trinajstić information content (AvgIpc) is 3.47. The molecule has 2 saturated heterocycles. The van der Waals surface area contributed by atoms with E-state index >= 15 is 0 Å². The minimum Gasteiger partial charge on any atom is -0.322 e. The van der Waals surface area contributed by atoms with Crippen molar-refractivity contribution in [2.24, 2.45) is 0 Å². The third kappa shape index (κ3) is 3.29. The minimum atomic E-state index is -0.591. The first kappa shape index (κ1) is 19.0. The number of hydrogen-bond donors (Lipinski definition) is 3. The Balaban J connectivity index is 1.31. The van der Waals surface area contributed by atoms with E-state index < -0.39 is 6.04 Å². The molecule has 9 heteroatoms. The van der Waals surface area contributed by atoms with Gasteiger partial charge in [-0.1, -0.05) is 18.2 Å². The zero-order valence-corrected chi connectivity index (χ0v) is 16.5. The molecule has 5 rings (SSSR count). The van der Waals surface area contributed by atoms with Crippen LogP contribution < -0.4 is 16.0 Å². The summed E-state index contributed by atoms with van der Waals surface area (Å²) in [4.78, 5) is 38.5. The third-order valence-electron chi connectivity index (χ3n) is 6.24. The van der Waals surface area contributed by atoms with Crippen molar-refractivity contribution >= 4 is 17.7 Å². The van der Waals surface area contributed by atoms with Gasteiger partial charge in [-0.15, -0.1) is 0 Å². The molecular formula is C21H24N6O3. The molecule has 3 aliphatic rings. The molecule has 0 spiro atoms. The molecule has 3 N–H and O–H groups in total. The number of nitrogens with one attached hydrogen (secondary N) is 3. The monoisotopic (exact) mass is 408 g/mol. The van der Waals surface area contributed by atoms with Gasteiger partial charge in [0, 0.05) is 56.6 Å². The van der Waals surface area contributed by atoms with E-state index in [2.05, 4.69) is 21.0 Å². The number of aromatic nitrogens is 2. The molecule has 0 radical (unpaired) electrons. The number of carbonyl (C=O) groups is 3. The lowest BCUT2D eigenvalue weighted by Crippen LogP contribution is -2.52. The molecule has 3 atom stereocenters. The Morgan fingerprint density at radius 2 is 2.07 bits per heavy atom. The van der Waals surface area contributed by atoms with E-state index in [1.54, 1.807) is 11.1 Å². The summed E-state index contributed by atoms with van der Waals surface area (Å²) >= 11 is 0. The number of piperidine rings is 1. The predicted octanol–water partition coefficient (Wildman–Crippen LogP) is -0.0532. The lowest BCUT2D eigenvalue weighted by atomic mass is 10.0. The molecule has 3 amide bonds. The average molecular weight is 408 g/mol. The number of hydrogen-bond acceptors (Lipinski definition) is 6. The van der Waals surface area contributed by atoms with Gasteiger partial charge in [0.2, 0.25) is 11.8 Å². The lowest BCUT2D eigenvalue weighted by molar-refractivity contribution is -0.136. The van der Waals surface area contributed by atoms with Crippen molar-refractivity contribution in [3.8, 4) is 0 Å². The van der Waals surface area contributed by atoms with Crippen LogP contribution in [-0.4, -0.2) is 57.6 Å². The van der Waals surface area contributed by atoms with Gasteiger partial charge >= 0.3 is 0 Å². The van der Waals surface area contributed by atoms with Crippen molar-refractivity contribution in [2.45, 2.75) is 44.1 Å². The van der Waals surface area contributed by atoms with Crippen molar-refractivity contribution in [3.63, 3.8) is 0 Å². The highest BCUT2D eigenvalue weighted by molar-refractivity contribution is 6.05. The van der Waals surface area contributed by atoms with E-state index in [1.165, 1.54) is 0 Å². The van der Waals surface area contributed by atoms with E-state index in [1.807, 2.05) is 35.1 Å². The summed E-state index contributed by atoms with van der Waals surface area (Å²) in [7, 11) is 0. The first-order chi connectivity index (χ1) is 14.6. The van der Waals surface area contributed by atoms with Gasteiger partial charge in [-0.3, -0.25) is 24.4 Å². The van der Waals surface area contributed by atoms with Crippen LogP contribution in [0.2, 0.25) is 0 Å². The fraction of sp³-hybridized carbons (Fsp3) is 0.429. The van der Waals surface area contributed by atoms with Gasteiger partial charge in [0.15, 0.2) is 0 Å². The van der Waals surface area contributed by atoms with Crippen LogP contribution in [0.15, 0.2) is 36.7 Å². The van der Waals surface area contributed by atoms with Crippen LogP contribution in [0.25, 0.3) is 0 Å². The SMILES string of the molecule is O=C1CCC(N2Cc3cccc(CN[C@@H]4CNC[C@@H]4n4cccn4)c3C2=O)C(=O)N1. The lowest BCUT2D eigenvalue weighted by Gasteiger charge is -2.29. The Morgan fingerprint density at radius 1 is 1.17 bits per heavy atom. The maximum atomic E-state index is 13.2. The third-order valence-corrected chi connectivity index (χ3v) is 6.24. The molecule has 30 heavy (non-hydrogen) atoms. The molecule has 1 unspecified atom stereocenters. The Kier molecular flexibility index (Phi) is 4.84. The molecule has 2 aromatic rings. The van der Waals surface area contributed by atoms with Crippen molar-refractivity contribution < 1.29 is 14.4 Å². The largest absolute Gasteiger partial charge is 0.322 e. The summed E-state index contributed by atoms with van der Waals surface area (Å²) in [6, 6.07) is 7.59. The van der Waals surface area contributed by atoms with Gasteiger partial charge in [0.05, 0.1) is 6.04 Å². The van der Waals surface area contributed by atoms with Crippen LogP contribution in [-0.2, 0) is 22.7 Å². The summed E-state index contributed by atoms with van der Waals surface area (Å²) < 4.78 is 1.96. The molecule has 1 aromatic heterocycles. The van der Waals surface area contributed by atoms with Crippen molar-refractivity contribution in [1.29, 1.82) is 0 Å². The first-order valence-electron chi connectivity index (χ1n) is 10.3. The first-order valence-corrected chi connectivity index (χ1v) is 10.3. The molecular weight excluding hydrogens is 384 g/mol. The number of benzene rings is 1. The number of amides is 3. The Labute approximate surface area is 173 Å². The van der Waals surface area contributed by atoms with Crippen LogP contribution in [0.5, 0.6) is 0 Å². The van der Waals surface area contributed by atoms with Crippen LogP contribution in [0, 0.1) is 0 Å². The molecule has 3 aliphatic heterocycles. The summed E-state index contributed by atoms with van der Waals surface area (Å²) in [6.45, 7) is 2.63. The minimum absolute atomic E-state index is 0.134. The second kappa shape index (κ2) is 7.66. The molecule has 4 heterocycles. The summed E-state index contributed by atoms with van der Waals surface area (Å²) in [5, 5.41) is 13.7. The Morgan fingerprint density at radius 3 is 2.87 bits per heavy atom. The molecule has 0 bridgehead atoms. The van der Waals surface area contributed by atoms with Crippen LogP contribution in [0.3, 0.4) is 0 Å². The van der Waals surface area contributed by atoms with Gasteiger partial charge in [-0.05, 0) is 23.6 Å². The fourth-order valence-electron chi connectivity index (χ4n) is 4.71. The normalized spacial score (nSPS) is 26.2. The molecule has 2 fully saturated rings. The predicted molar refractivity (Wildman–Crippen MR) is 107 cm³/mol. The Bertz CT molecular complexity index is 989. The zero-order chi connectivity index (χ0) is 20.7. The number of fused-ring (bicyclic) bond motifs is 1. The summed E-state index contributed by atoms with van der Waals surface area (Å²) in [5.41, 5.74) is 2.53. The Hall–Kier alpha value is -3.04. The van der Waals surface area contributed by atoms with Crippen LogP contribution in [0.4, 0.5) is 0 Å². The summed E-state index contributed by atoms with van der Waals surface area (Å²) in [6.07, 6.45) is 4.38. The highest BCUT2D eigenvalue weighted by Crippen LogP contribution is 2.30. The highest BCUT2D eigenvalue weighted by Gasteiger charge is 2.40. The molecule has 156 valence electrons. The second-order valence-electron chi connectivity index (χ2n) is 8.05. The van der Waals surface area contributed by atoms with Gasteiger partial charge in [0.1, 0.15) is 6.04 Å². The smallest absolute Gasteiger partial charge is 0.255 e. The van der Waals surface area contributed by atoms with Gasteiger partial charge in [-0.25, -0.2) is 0 Å². The van der Waals surface area contributed by atoms with Gasteiger partial charge < -0.3 is 15.5 Å². The quantitative estimate of drug-likeness (QED) is 0.599. The molecule has 9 nitrogen and oxygen atoms in total. The second-order valence-corrected chi connectivity index (χ2v) is 8.05. The highest BCUT2D eigenvalue weighted by atomic mass is 16.2. The number of rotatable bonds is 5. The van der Waals surface area contributed by atoms with E-state index in [9.17, 15) is 14.4 Å². The number of imide groups is 1. The number of carbonyl (C=O) groups excluding carboxylic acids is 3.